The maximum atomic E-state index is 3.62. The van der Waals surface area contributed by atoms with Gasteiger partial charge in [-0.05, 0) is 36.5 Å². The van der Waals surface area contributed by atoms with Crippen molar-refractivity contribution in [3.8, 4) is 0 Å². The van der Waals surface area contributed by atoms with Gasteiger partial charge in [-0.15, -0.1) is 0 Å². The third kappa shape index (κ3) is 7.15. The van der Waals surface area contributed by atoms with Crippen molar-refractivity contribution in [1.82, 2.24) is 0 Å². The zero-order valence-corrected chi connectivity index (χ0v) is 18.7. The molecule has 1 atom stereocenters. The van der Waals surface area contributed by atoms with Crippen LogP contribution in [-0.4, -0.2) is 6.04 Å². The first-order valence-electron chi connectivity index (χ1n) is 12.0. The molecule has 28 heavy (non-hydrogen) atoms. The van der Waals surface area contributed by atoms with E-state index in [1.54, 1.807) is 5.57 Å². The fraction of sp³-hybridized carbons (Fsp3) is 0.630. The minimum absolute atomic E-state index is 0.516. The van der Waals surface area contributed by atoms with E-state index in [2.05, 4.69) is 68.3 Å². The fourth-order valence-corrected chi connectivity index (χ4v) is 4.19. The molecule has 2 rings (SSSR count). The first kappa shape index (κ1) is 22.8. The Kier molecular flexibility index (Phi) is 11.1. The van der Waals surface area contributed by atoms with Gasteiger partial charge in [0.1, 0.15) is 0 Å². The predicted octanol–water partition coefficient (Wildman–Crippen LogP) is 8.71. The van der Waals surface area contributed by atoms with Gasteiger partial charge in [-0.2, -0.15) is 12.6 Å². The molecule has 1 heteroatoms. The Bertz CT molecular complexity index is 598. The van der Waals surface area contributed by atoms with E-state index in [1.807, 2.05) is 0 Å². The summed E-state index contributed by atoms with van der Waals surface area (Å²) in [6.07, 6.45) is 25.1. The number of anilines is 1. The normalized spacial score (nSPS) is 16.5. The standard InChI is InChI=1S/C27H42N/c1-4-7-10-12-17-22-28-26(20-14-11-8-5-2)24(18-13-9-6-3)23-25-19-15-16-21-27(25)28/h15-16,19,21-23,26H,4-14,18,20H2,1-3H3/q-1. The van der Waals surface area contributed by atoms with Crippen LogP contribution in [-0.2, 0) is 0 Å². The molecule has 1 aliphatic heterocycles. The summed E-state index contributed by atoms with van der Waals surface area (Å²) in [5, 5.41) is 0. The van der Waals surface area contributed by atoms with Crippen LogP contribution in [0.2, 0.25) is 0 Å². The Labute approximate surface area is 174 Å². The lowest BCUT2D eigenvalue weighted by Gasteiger charge is -2.40. The minimum atomic E-state index is 0.516. The van der Waals surface area contributed by atoms with Gasteiger partial charge in [0, 0.05) is 5.69 Å². The van der Waals surface area contributed by atoms with E-state index in [1.165, 1.54) is 88.3 Å². The van der Waals surface area contributed by atoms with Crippen molar-refractivity contribution in [3.63, 3.8) is 0 Å². The Hall–Kier alpha value is -1.50. The SMILES string of the molecule is CCCCC[C-]=CN1c2ccccc2C=C(CCCCC)C1CCCCCC. The van der Waals surface area contributed by atoms with Gasteiger partial charge >= 0.3 is 0 Å². The minimum Gasteiger partial charge on any atom is -0.479 e. The maximum Gasteiger partial charge on any atom is 0.0516 e. The topological polar surface area (TPSA) is 3.24 Å². The molecule has 1 aliphatic rings. The zero-order chi connectivity index (χ0) is 20.0. The molecule has 0 fully saturated rings. The summed E-state index contributed by atoms with van der Waals surface area (Å²) in [6.45, 7) is 6.87. The number of unbranched alkanes of at least 4 members (excludes halogenated alkanes) is 8. The van der Waals surface area contributed by atoms with Crippen LogP contribution in [0.4, 0.5) is 5.69 Å². The van der Waals surface area contributed by atoms with Crippen molar-refractivity contribution in [2.24, 2.45) is 0 Å². The maximum absolute atomic E-state index is 3.62. The molecular formula is C27H42N-. The van der Waals surface area contributed by atoms with Gasteiger partial charge in [-0.1, -0.05) is 103 Å². The number of nitrogens with zero attached hydrogens (tertiary/aromatic N) is 1. The summed E-state index contributed by atoms with van der Waals surface area (Å²) in [5.74, 6) is 0. The lowest BCUT2D eigenvalue weighted by atomic mass is 9.88. The molecule has 1 nitrogen and oxygen atoms in total. The third-order valence-corrected chi connectivity index (χ3v) is 5.87. The summed E-state index contributed by atoms with van der Waals surface area (Å²) < 4.78 is 0. The molecule has 0 saturated heterocycles. The summed E-state index contributed by atoms with van der Waals surface area (Å²) in [5.41, 5.74) is 4.38. The number of rotatable bonds is 14. The van der Waals surface area contributed by atoms with Gasteiger partial charge in [0.2, 0.25) is 0 Å². The van der Waals surface area contributed by atoms with Gasteiger partial charge in [0.25, 0.3) is 0 Å². The van der Waals surface area contributed by atoms with E-state index in [0.29, 0.717) is 6.04 Å². The molecule has 156 valence electrons. The molecule has 1 aromatic carbocycles. The van der Waals surface area contributed by atoms with Crippen LogP contribution in [0.15, 0.2) is 36.0 Å². The van der Waals surface area contributed by atoms with Crippen LogP contribution in [0.5, 0.6) is 0 Å². The first-order valence-corrected chi connectivity index (χ1v) is 12.0. The molecule has 0 aliphatic carbocycles. The van der Waals surface area contributed by atoms with Gasteiger partial charge < -0.3 is 11.0 Å². The molecule has 0 N–H and O–H groups in total. The molecule has 0 radical (unpaired) electrons. The van der Waals surface area contributed by atoms with E-state index < -0.39 is 0 Å². The van der Waals surface area contributed by atoms with Crippen molar-refractivity contribution < 1.29 is 0 Å². The summed E-state index contributed by atoms with van der Waals surface area (Å²) >= 11 is 0. The van der Waals surface area contributed by atoms with Crippen molar-refractivity contribution in [2.45, 2.75) is 110 Å². The van der Waals surface area contributed by atoms with Crippen molar-refractivity contribution in [2.75, 3.05) is 4.90 Å². The lowest BCUT2D eigenvalue weighted by molar-refractivity contribution is 0.557. The van der Waals surface area contributed by atoms with E-state index in [-0.39, 0.29) is 0 Å². The first-order chi connectivity index (χ1) is 13.8. The van der Waals surface area contributed by atoms with Gasteiger partial charge in [-0.25, -0.2) is 0 Å². The number of hydrogen-bond acceptors (Lipinski definition) is 1. The van der Waals surface area contributed by atoms with Crippen LogP contribution in [0.3, 0.4) is 0 Å². The molecule has 0 bridgehead atoms. The number of allylic oxidation sites excluding steroid dienone is 1. The molecule has 0 aromatic heterocycles. The second kappa shape index (κ2) is 13.6. The summed E-state index contributed by atoms with van der Waals surface area (Å²) in [6, 6.07) is 9.44. The third-order valence-electron chi connectivity index (χ3n) is 5.87. The van der Waals surface area contributed by atoms with Gasteiger partial charge in [-0.3, -0.25) is 0 Å². The van der Waals surface area contributed by atoms with E-state index in [9.17, 15) is 0 Å². The second-order valence-electron chi connectivity index (χ2n) is 8.30. The Balaban J connectivity index is 2.20. The van der Waals surface area contributed by atoms with Crippen molar-refractivity contribution >= 4 is 11.8 Å². The van der Waals surface area contributed by atoms with E-state index >= 15 is 0 Å². The van der Waals surface area contributed by atoms with Gasteiger partial charge in [0.15, 0.2) is 0 Å². The molecule has 1 unspecified atom stereocenters. The second-order valence-corrected chi connectivity index (χ2v) is 8.30. The highest BCUT2D eigenvalue weighted by Gasteiger charge is 2.24. The Morgan fingerprint density at radius 3 is 2.36 bits per heavy atom. The number of benzene rings is 1. The van der Waals surface area contributed by atoms with Crippen LogP contribution in [0, 0.1) is 6.08 Å². The molecule has 0 amide bonds. The molecule has 0 spiro atoms. The zero-order valence-electron chi connectivity index (χ0n) is 18.7. The van der Waals surface area contributed by atoms with Crippen LogP contribution < -0.4 is 4.90 Å². The van der Waals surface area contributed by atoms with Crippen LogP contribution >= 0.6 is 0 Å². The number of fused-ring (bicyclic) bond motifs is 1. The highest BCUT2D eigenvalue weighted by molar-refractivity contribution is 5.75. The van der Waals surface area contributed by atoms with Crippen LogP contribution in [0.1, 0.15) is 110 Å². The summed E-state index contributed by atoms with van der Waals surface area (Å²) in [7, 11) is 0. The fourth-order valence-electron chi connectivity index (χ4n) is 4.19. The monoisotopic (exact) mass is 380 g/mol. The smallest absolute Gasteiger partial charge is 0.0516 e. The average molecular weight is 381 g/mol. The molecular weight excluding hydrogens is 338 g/mol. The number of hydrogen-bond donors (Lipinski definition) is 0. The molecule has 1 heterocycles. The van der Waals surface area contributed by atoms with Crippen molar-refractivity contribution in [3.05, 3.63) is 47.7 Å². The van der Waals surface area contributed by atoms with E-state index in [0.717, 1.165) is 6.42 Å². The lowest BCUT2D eigenvalue weighted by Crippen LogP contribution is -2.35. The summed E-state index contributed by atoms with van der Waals surface area (Å²) in [4.78, 5) is 2.55. The highest BCUT2D eigenvalue weighted by atomic mass is 15.2. The van der Waals surface area contributed by atoms with Crippen LogP contribution in [0.25, 0.3) is 6.08 Å². The highest BCUT2D eigenvalue weighted by Crippen LogP contribution is 2.37. The number of para-hydroxylation sites is 1. The van der Waals surface area contributed by atoms with Crippen molar-refractivity contribution in [1.29, 1.82) is 0 Å². The van der Waals surface area contributed by atoms with Gasteiger partial charge in [0.05, 0.1) is 6.04 Å². The van der Waals surface area contributed by atoms with E-state index in [4.69, 9.17) is 0 Å². The Morgan fingerprint density at radius 1 is 0.857 bits per heavy atom. The average Bonchev–Trinajstić information content (AvgIpc) is 2.72. The predicted molar refractivity (Wildman–Crippen MR) is 126 cm³/mol. The Morgan fingerprint density at radius 2 is 1.57 bits per heavy atom. The molecule has 1 aromatic rings. The largest absolute Gasteiger partial charge is 0.479 e. The molecule has 0 saturated carbocycles. The quantitative estimate of drug-likeness (QED) is 0.230.